The van der Waals surface area contributed by atoms with Crippen molar-refractivity contribution in [3.8, 4) is 11.5 Å². The molecule has 2 aromatic rings. The molecular formula is C18H22N2O3S. The lowest BCUT2D eigenvalue weighted by molar-refractivity contribution is -0.135. The van der Waals surface area contributed by atoms with Gasteiger partial charge in [0.05, 0.1) is 24.2 Å². The molecule has 1 aliphatic heterocycles. The molecule has 1 atom stereocenters. The lowest BCUT2D eigenvalue weighted by Crippen LogP contribution is -2.39. The minimum atomic E-state index is -0.126. The molecule has 0 saturated heterocycles. The first-order chi connectivity index (χ1) is 11.6. The molecule has 6 heteroatoms. The second-order valence-corrected chi connectivity index (χ2v) is 7.00. The van der Waals surface area contributed by atoms with E-state index < -0.39 is 0 Å². The number of fused-ring (bicyclic) bond motifs is 1. The van der Waals surface area contributed by atoms with Crippen LogP contribution in [0.4, 0.5) is 0 Å². The van der Waals surface area contributed by atoms with Crippen molar-refractivity contribution in [2.45, 2.75) is 19.8 Å². The van der Waals surface area contributed by atoms with Crippen LogP contribution in [0.3, 0.4) is 0 Å². The maximum atomic E-state index is 12.7. The van der Waals surface area contributed by atoms with E-state index in [-0.39, 0.29) is 11.8 Å². The molecule has 0 fully saturated rings. The Balaban J connectivity index is 1.60. The maximum absolute atomic E-state index is 12.7. The van der Waals surface area contributed by atoms with Crippen LogP contribution in [0.1, 0.15) is 16.1 Å². The Morgan fingerprint density at radius 2 is 2.33 bits per heavy atom. The Morgan fingerprint density at radius 1 is 1.50 bits per heavy atom. The van der Waals surface area contributed by atoms with Crippen LogP contribution in [0, 0.1) is 12.8 Å². The topological polar surface area (TPSA) is 51.7 Å². The van der Waals surface area contributed by atoms with Gasteiger partial charge in [0.25, 0.3) is 0 Å². The summed E-state index contributed by atoms with van der Waals surface area (Å²) in [7, 11) is 3.50. The maximum Gasteiger partial charge on any atom is 0.229 e. The van der Waals surface area contributed by atoms with Crippen molar-refractivity contribution in [1.82, 2.24) is 9.88 Å². The second-order valence-electron chi connectivity index (χ2n) is 6.06. The zero-order valence-corrected chi connectivity index (χ0v) is 15.1. The molecule has 2 heterocycles. The lowest BCUT2D eigenvalue weighted by atomic mass is 9.95. The highest BCUT2D eigenvalue weighted by atomic mass is 32.1. The fraction of sp³-hybridized carbons (Fsp3) is 0.444. The van der Waals surface area contributed by atoms with E-state index in [1.165, 1.54) is 4.88 Å². The number of likely N-dealkylation sites (N-methyl/N-ethyl adjacent to an activating group) is 1. The van der Waals surface area contributed by atoms with Crippen LogP contribution in [-0.4, -0.2) is 43.1 Å². The number of aryl methyl sites for hydroxylation is 1. The van der Waals surface area contributed by atoms with Crippen LogP contribution in [-0.2, 0) is 17.6 Å². The predicted molar refractivity (Wildman–Crippen MR) is 93.9 cm³/mol. The van der Waals surface area contributed by atoms with Gasteiger partial charge in [-0.25, -0.2) is 4.98 Å². The van der Waals surface area contributed by atoms with Crippen molar-refractivity contribution >= 4 is 17.2 Å². The zero-order chi connectivity index (χ0) is 17.1. The van der Waals surface area contributed by atoms with Gasteiger partial charge >= 0.3 is 0 Å². The number of thiazole rings is 1. The van der Waals surface area contributed by atoms with Crippen LogP contribution in [0.2, 0.25) is 0 Å². The SMILES string of the molecule is COc1ccc2c(c1)OCC(C(=O)N(C)CCc1scnc1C)C2. The first-order valence-electron chi connectivity index (χ1n) is 8.02. The summed E-state index contributed by atoms with van der Waals surface area (Å²) in [5, 5.41) is 0. The highest BCUT2D eigenvalue weighted by molar-refractivity contribution is 7.09. The third kappa shape index (κ3) is 3.53. The summed E-state index contributed by atoms with van der Waals surface area (Å²) in [5.74, 6) is 1.61. The molecule has 1 aromatic carbocycles. The van der Waals surface area contributed by atoms with Crippen molar-refractivity contribution in [2.24, 2.45) is 5.92 Å². The van der Waals surface area contributed by atoms with Crippen LogP contribution >= 0.6 is 11.3 Å². The molecule has 0 spiro atoms. The molecule has 1 amide bonds. The number of rotatable bonds is 5. The van der Waals surface area contributed by atoms with Gasteiger partial charge in [-0.1, -0.05) is 6.07 Å². The molecule has 1 aromatic heterocycles. The van der Waals surface area contributed by atoms with Crippen LogP contribution in [0.25, 0.3) is 0 Å². The minimum absolute atomic E-state index is 0.126. The van der Waals surface area contributed by atoms with Crippen molar-refractivity contribution < 1.29 is 14.3 Å². The molecule has 128 valence electrons. The van der Waals surface area contributed by atoms with E-state index in [1.54, 1.807) is 18.4 Å². The number of hydrogen-bond acceptors (Lipinski definition) is 5. The van der Waals surface area contributed by atoms with Crippen molar-refractivity contribution in [3.63, 3.8) is 0 Å². The van der Waals surface area contributed by atoms with E-state index in [0.717, 1.165) is 29.2 Å². The molecule has 0 radical (unpaired) electrons. The van der Waals surface area contributed by atoms with Gasteiger partial charge < -0.3 is 14.4 Å². The van der Waals surface area contributed by atoms with Gasteiger partial charge in [0, 0.05) is 31.0 Å². The number of carbonyl (C=O) groups excluding carboxylic acids is 1. The molecule has 24 heavy (non-hydrogen) atoms. The van der Waals surface area contributed by atoms with Crippen LogP contribution < -0.4 is 9.47 Å². The third-order valence-corrected chi connectivity index (χ3v) is 5.42. The highest BCUT2D eigenvalue weighted by Crippen LogP contribution is 2.31. The summed E-state index contributed by atoms with van der Waals surface area (Å²) in [5.41, 5.74) is 3.98. The largest absolute Gasteiger partial charge is 0.497 e. The summed E-state index contributed by atoms with van der Waals surface area (Å²) >= 11 is 1.65. The summed E-state index contributed by atoms with van der Waals surface area (Å²) in [4.78, 5) is 20.0. The Kier molecular flexibility index (Phi) is 5.04. The average Bonchev–Trinajstić information content (AvgIpc) is 3.03. The van der Waals surface area contributed by atoms with E-state index in [0.29, 0.717) is 19.6 Å². The summed E-state index contributed by atoms with van der Waals surface area (Å²) in [6, 6.07) is 5.77. The lowest BCUT2D eigenvalue weighted by Gasteiger charge is -2.28. The number of aromatic nitrogens is 1. The number of methoxy groups -OCH3 is 1. The number of hydrogen-bond donors (Lipinski definition) is 0. The molecule has 1 aliphatic rings. The Hall–Kier alpha value is -2.08. The minimum Gasteiger partial charge on any atom is -0.497 e. The van der Waals surface area contributed by atoms with Gasteiger partial charge in [-0.05, 0) is 25.0 Å². The number of nitrogens with zero attached hydrogens (tertiary/aromatic N) is 2. The molecular weight excluding hydrogens is 324 g/mol. The van der Waals surface area contributed by atoms with E-state index in [2.05, 4.69) is 4.98 Å². The van der Waals surface area contributed by atoms with E-state index in [1.807, 2.05) is 42.6 Å². The fourth-order valence-electron chi connectivity index (χ4n) is 2.90. The molecule has 0 aliphatic carbocycles. The summed E-state index contributed by atoms with van der Waals surface area (Å²) in [6.45, 7) is 3.13. The Bertz CT molecular complexity index is 729. The average molecular weight is 346 g/mol. The quantitative estimate of drug-likeness (QED) is 0.835. The molecule has 3 rings (SSSR count). The van der Waals surface area contributed by atoms with Gasteiger partial charge in [0.15, 0.2) is 0 Å². The number of benzene rings is 1. The van der Waals surface area contributed by atoms with Crippen molar-refractivity contribution in [1.29, 1.82) is 0 Å². The van der Waals surface area contributed by atoms with E-state index >= 15 is 0 Å². The standard InChI is InChI=1S/C18H22N2O3S/c1-12-17(24-11-19-12)6-7-20(2)18(21)14-8-13-4-5-15(22-3)9-16(13)23-10-14/h4-5,9,11,14H,6-8,10H2,1-3H3. The van der Waals surface area contributed by atoms with Gasteiger partial charge in [0.2, 0.25) is 5.91 Å². The molecule has 0 bridgehead atoms. The van der Waals surface area contributed by atoms with Gasteiger partial charge in [0.1, 0.15) is 18.1 Å². The normalized spacial score (nSPS) is 16.2. The Morgan fingerprint density at radius 3 is 3.04 bits per heavy atom. The fourth-order valence-corrected chi connectivity index (χ4v) is 3.67. The zero-order valence-electron chi connectivity index (χ0n) is 14.2. The molecule has 5 nitrogen and oxygen atoms in total. The van der Waals surface area contributed by atoms with E-state index in [9.17, 15) is 4.79 Å². The highest BCUT2D eigenvalue weighted by Gasteiger charge is 2.28. The molecule has 0 saturated carbocycles. The van der Waals surface area contributed by atoms with E-state index in [4.69, 9.17) is 9.47 Å². The van der Waals surface area contributed by atoms with Crippen LogP contribution in [0.15, 0.2) is 23.7 Å². The van der Waals surface area contributed by atoms with Crippen molar-refractivity contribution in [2.75, 3.05) is 27.3 Å². The van der Waals surface area contributed by atoms with Gasteiger partial charge in [-0.15, -0.1) is 11.3 Å². The second kappa shape index (κ2) is 7.21. The first kappa shape index (κ1) is 16.8. The summed E-state index contributed by atoms with van der Waals surface area (Å²) < 4.78 is 11.0. The number of carbonyl (C=O) groups is 1. The molecule has 0 N–H and O–H groups in total. The van der Waals surface area contributed by atoms with Gasteiger partial charge in [-0.3, -0.25) is 4.79 Å². The monoisotopic (exact) mass is 346 g/mol. The Labute approximate surface area is 146 Å². The predicted octanol–water partition coefficient (Wildman–Crippen LogP) is 2.71. The van der Waals surface area contributed by atoms with Crippen LogP contribution in [0.5, 0.6) is 11.5 Å². The van der Waals surface area contributed by atoms with Gasteiger partial charge in [-0.2, -0.15) is 0 Å². The van der Waals surface area contributed by atoms with Crippen molar-refractivity contribution in [3.05, 3.63) is 39.8 Å². The third-order valence-electron chi connectivity index (χ3n) is 4.43. The first-order valence-corrected chi connectivity index (χ1v) is 8.90. The number of ether oxygens (including phenoxy) is 2. The number of amides is 1. The molecule has 1 unspecified atom stereocenters. The smallest absolute Gasteiger partial charge is 0.229 e. The summed E-state index contributed by atoms with van der Waals surface area (Å²) in [6.07, 6.45) is 1.56.